The van der Waals surface area contributed by atoms with Gasteiger partial charge in [0.25, 0.3) is 5.56 Å². The van der Waals surface area contributed by atoms with Crippen LogP contribution in [0.3, 0.4) is 0 Å². The van der Waals surface area contributed by atoms with Gasteiger partial charge in [-0.15, -0.1) is 4.73 Å². The molecule has 0 amide bonds. The van der Waals surface area contributed by atoms with Crippen LogP contribution in [0.5, 0.6) is 0 Å². The molecule has 0 unspecified atom stereocenters. The molecule has 1 aromatic heterocycles. The summed E-state index contributed by atoms with van der Waals surface area (Å²) in [5.41, 5.74) is 0.520. The molecule has 0 aliphatic carbocycles. The fourth-order valence-corrected chi connectivity index (χ4v) is 1.56. The van der Waals surface area contributed by atoms with E-state index >= 15 is 0 Å². The second-order valence-corrected chi connectivity index (χ2v) is 3.29. The zero-order valence-electron chi connectivity index (χ0n) is 7.53. The maximum absolute atomic E-state index is 11.4. The summed E-state index contributed by atoms with van der Waals surface area (Å²) >= 11 is 5.83. The average Bonchev–Trinajstić information content (AvgIpc) is 2.18. The average molecular weight is 210 g/mol. The zero-order valence-corrected chi connectivity index (χ0v) is 8.28. The van der Waals surface area contributed by atoms with Gasteiger partial charge in [-0.05, 0) is 24.3 Å². The van der Waals surface area contributed by atoms with Crippen LogP contribution in [0.1, 0.15) is 0 Å². The van der Waals surface area contributed by atoms with E-state index in [0.717, 1.165) is 5.39 Å². The molecule has 0 spiro atoms. The highest BCUT2D eigenvalue weighted by atomic mass is 35.5. The molecule has 0 fully saturated rings. The van der Waals surface area contributed by atoms with Gasteiger partial charge in [0.1, 0.15) is 7.11 Å². The highest BCUT2D eigenvalue weighted by molar-refractivity contribution is 6.31. The Kier molecular flexibility index (Phi) is 2.17. The van der Waals surface area contributed by atoms with Crippen LogP contribution in [0.25, 0.3) is 10.9 Å². The highest BCUT2D eigenvalue weighted by Gasteiger charge is 2.02. The van der Waals surface area contributed by atoms with Crippen molar-refractivity contribution in [1.29, 1.82) is 0 Å². The smallest absolute Gasteiger partial charge is 0.283 e. The fraction of sp³-hybridized carbons (Fsp3) is 0.100. The van der Waals surface area contributed by atoms with Crippen molar-refractivity contribution in [3.63, 3.8) is 0 Å². The van der Waals surface area contributed by atoms with Crippen molar-refractivity contribution in [2.75, 3.05) is 7.11 Å². The predicted molar refractivity (Wildman–Crippen MR) is 55.7 cm³/mol. The number of aromatic nitrogens is 1. The largest absolute Gasteiger partial charge is 0.413 e. The molecular formula is C10H8ClNO2. The first-order valence-corrected chi connectivity index (χ1v) is 4.46. The maximum atomic E-state index is 11.4. The molecule has 0 saturated heterocycles. The number of benzene rings is 1. The quantitative estimate of drug-likeness (QED) is 0.716. The maximum Gasteiger partial charge on any atom is 0.283 e. The third kappa shape index (κ3) is 1.36. The second-order valence-electron chi connectivity index (χ2n) is 2.85. The van der Waals surface area contributed by atoms with Crippen molar-refractivity contribution in [3.05, 3.63) is 45.7 Å². The lowest BCUT2D eigenvalue weighted by molar-refractivity contribution is 0.169. The predicted octanol–water partition coefficient (Wildman–Crippen LogP) is 1.71. The minimum Gasteiger partial charge on any atom is -0.413 e. The molecule has 0 aliphatic heterocycles. The lowest BCUT2D eigenvalue weighted by atomic mass is 10.2. The van der Waals surface area contributed by atoms with Crippen LogP contribution in [-0.4, -0.2) is 11.8 Å². The second kappa shape index (κ2) is 3.35. The summed E-state index contributed by atoms with van der Waals surface area (Å²) in [4.78, 5) is 16.3. The molecule has 4 heteroatoms. The Balaban J connectivity index is 2.89. The van der Waals surface area contributed by atoms with Gasteiger partial charge >= 0.3 is 0 Å². The molecular weight excluding hydrogens is 202 g/mol. The Morgan fingerprint density at radius 2 is 2.07 bits per heavy atom. The summed E-state index contributed by atoms with van der Waals surface area (Å²) < 4.78 is 1.23. The summed E-state index contributed by atoms with van der Waals surface area (Å²) in [6.45, 7) is 0. The first kappa shape index (κ1) is 9.09. The van der Waals surface area contributed by atoms with Crippen LogP contribution in [0, 0.1) is 0 Å². The van der Waals surface area contributed by atoms with Crippen LogP contribution < -0.4 is 10.4 Å². The monoisotopic (exact) mass is 209 g/mol. The van der Waals surface area contributed by atoms with Gasteiger partial charge in [0.15, 0.2) is 0 Å². The first-order chi connectivity index (χ1) is 6.72. The van der Waals surface area contributed by atoms with Crippen LogP contribution in [0.2, 0.25) is 5.02 Å². The van der Waals surface area contributed by atoms with Crippen LogP contribution in [0.15, 0.2) is 35.1 Å². The van der Waals surface area contributed by atoms with Crippen LogP contribution in [0.4, 0.5) is 0 Å². The normalized spacial score (nSPS) is 10.4. The fourth-order valence-electron chi connectivity index (χ4n) is 1.38. The van der Waals surface area contributed by atoms with Gasteiger partial charge in [0, 0.05) is 16.5 Å². The van der Waals surface area contributed by atoms with Crippen molar-refractivity contribution < 1.29 is 4.84 Å². The molecule has 3 nitrogen and oxygen atoms in total. The van der Waals surface area contributed by atoms with Gasteiger partial charge in [-0.2, -0.15) is 0 Å². The van der Waals surface area contributed by atoms with E-state index in [1.54, 1.807) is 24.3 Å². The SMILES string of the molecule is COn1c(=O)ccc2cc(Cl)ccc21. The Morgan fingerprint density at radius 3 is 2.79 bits per heavy atom. The molecule has 1 heterocycles. The van der Waals surface area contributed by atoms with Crippen molar-refractivity contribution in [2.24, 2.45) is 0 Å². The number of hydrogen-bond donors (Lipinski definition) is 0. The third-order valence-electron chi connectivity index (χ3n) is 2.00. The Labute approximate surface area is 85.4 Å². The van der Waals surface area contributed by atoms with Crippen LogP contribution >= 0.6 is 11.6 Å². The van der Waals surface area contributed by atoms with E-state index in [1.165, 1.54) is 17.9 Å². The molecule has 0 N–H and O–H groups in total. The molecule has 2 aromatic rings. The van der Waals surface area contributed by atoms with Crippen molar-refractivity contribution in [3.8, 4) is 0 Å². The summed E-state index contributed by atoms with van der Waals surface area (Å²) in [6.07, 6.45) is 0. The van der Waals surface area contributed by atoms with Gasteiger partial charge in [0.2, 0.25) is 0 Å². The Morgan fingerprint density at radius 1 is 1.29 bits per heavy atom. The topological polar surface area (TPSA) is 31.2 Å². The number of rotatable bonds is 1. The van der Waals surface area contributed by atoms with Crippen molar-refractivity contribution >= 4 is 22.5 Å². The van der Waals surface area contributed by atoms with E-state index in [0.29, 0.717) is 10.5 Å². The number of fused-ring (bicyclic) bond motifs is 1. The highest BCUT2D eigenvalue weighted by Crippen LogP contribution is 2.16. The van der Waals surface area contributed by atoms with Gasteiger partial charge in [0.05, 0.1) is 5.52 Å². The van der Waals surface area contributed by atoms with Gasteiger partial charge in [-0.25, -0.2) is 0 Å². The molecule has 2 rings (SSSR count). The minimum absolute atomic E-state index is 0.192. The lowest BCUT2D eigenvalue weighted by Crippen LogP contribution is -2.23. The number of hydrogen-bond acceptors (Lipinski definition) is 2. The van der Waals surface area contributed by atoms with E-state index < -0.39 is 0 Å². The summed E-state index contributed by atoms with van der Waals surface area (Å²) in [5, 5.41) is 1.51. The Hall–Kier alpha value is -1.48. The van der Waals surface area contributed by atoms with Crippen molar-refractivity contribution in [2.45, 2.75) is 0 Å². The summed E-state index contributed by atoms with van der Waals surface area (Å²) in [7, 11) is 1.45. The zero-order chi connectivity index (χ0) is 10.1. The van der Waals surface area contributed by atoms with Crippen LogP contribution in [-0.2, 0) is 0 Å². The molecule has 0 radical (unpaired) electrons. The third-order valence-corrected chi connectivity index (χ3v) is 2.23. The molecule has 0 aliphatic rings. The minimum atomic E-state index is -0.192. The summed E-state index contributed by atoms with van der Waals surface area (Å²) in [5.74, 6) is 0. The standard InChI is InChI=1S/C10H8ClNO2/c1-14-12-9-4-3-8(11)6-7(9)2-5-10(12)13/h2-6H,1H3. The van der Waals surface area contributed by atoms with Gasteiger partial charge < -0.3 is 4.84 Å². The van der Waals surface area contributed by atoms with E-state index in [-0.39, 0.29) is 5.56 Å². The van der Waals surface area contributed by atoms with Crippen molar-refractivity contribution in [1.82, 2.24) is 4.73 Å². The van der Waals surface area contributed by atoms with E-state index in [9.17, 15) is 4.79 Å². The Bertz CT molecular complexity index is 533. The molecule has 1 aromatic carbocycles. The molecule has 0 atom stereocenters. The van der Waals surface area contributed by atoms with Gasteiger partial charge in [-0.3, -0.25) is 4.79 Å². The van der Waals surface area contributed by atoms with E-state index in [2.05, 4.69) is 0 Å². The lowest BCUT2D eigenvalue weighted by Gasteiger charge is -2.07. The summed E-state index contributed by atoms with van der Waals surface area (Å²) in [6, 6.07) is 8.43. The molecule has 72 valence electrons. The van der Waals surface area contributed by atoms with E-state index in [1.807, 2.05) is 0 Å². The molecule has 0 bridgehead atoms. The van der Waals surface area contributed by atoms with E-state index in [4.69, 9.17) is 16.4 Å². The number of pyridine rings is 1. The number of nitrogens with zero attached hydrogens (tertiary/aromatic N) is 1. The van der Waals surface area contributed by atoms with Gasteiger partial charge in [-0.1, -0.05) is 11.6 Å². The molecule has 0 saturated carbocycles. The number of halogens is 1. The first-order valence-electron chi connectivity index (χ1n) is 4.08. The molecule has 14 heavy (non-hydrogen) atoms.